The Bertz CT molecular complexity index is 1080. The van der Waals surface area contributed by atoms with Crippen molar-refractivity contribution in [1.82, 2.24) is 14.7 Å². The Balaban J connectivity index is 1.63. The van der Waals surface area contributed by atoms with Gasteiger partial charge in [0, 0.05) is 28.6 Å². The molecule has 26 heavy (non-hydrogen) atoms. The molecule has 4 rings (SSSR count). The zero-order valence-corrected chi connectivity index (χ0v) is 15.6. The first kappa shape index (κ1) is 17.1. The number of hydrogen-bond donors (Lipinski definition) is 1. The fourth-order valence-electron chi connectivity index (χ4n) is 2.89. The maximum Gasteiger partial charge on any atom is 0.259 e. The molecule has 4 aromatic rings. The van der Waals surface area contributed by atoms with E-state index in [9.17, 15) is 9.18 Å². The number of thiazole rings is 1. The van der Waals surface area contributed by atoms with Gasteiger partial charge in [0.25, 0.3) is 5.56 Å². The molecule has 1 N–H and O–H groups in total. The smallest absolute Gasteiger partial charge is 0.259 e. The van der Waals surface area contributed by atoms with E-state index in [-0.39, 0.29) is 17.4 Å². The van der Waals surface area contributed by atoms with E-state index in [1.807, 2.05) is 29.8 Å². The van der Waals surface area contributed by atoms with E-state index >= 15 is 0 Å². The van der Waals surface area contributed by atoms with E-state index in [1.54, 1.807) is 33.9 Å². The van der Waals surface area contributed by atoms with Crippen molar-refractivity contribution in [3.8, 4) is 0 Å². The Hall–Kier alpha value is -2.35. The largest absolute Gasteiger partial charge is 0.300 e. The highest BCUT2D eigenvalue weighted by Gasteiger charge is 2.16. The van der Waals surface area contributed by atoms with Gasteiger partial charge in [-0.2, -0.15) is 0 Å². The van der Waals surface area contributed by atoms with Crippen molar-refractivity contribution < 1.29 is 4.39 Å². The SMILES string of the molecule is Cc1csc2nc(CN[C@@H](c3ccc(F)cc3)c3cccs3)cc(=O)n12. The molecule has 132 valence electrons. The van der Waals surface area contributed by atoms with Crippen molar-refractivity contribution in [3.05, 3.63) is 91.2 Å². The zero-order valence-electron chi connectivity index (χ0n) is 14.0. The number of benzene rings is 1. The van der Waals surface area contributed by atoms with Crippen molar-refractivity contribution in [2.45, 2.75) is 19.5 Å². The summed E-state index contributed by atoms with van der Waals surface area (Å²) in [5.41, 5.74) is 2.49. The average molecular weight is 385 g/mol. The van der Waals surface area contributed by atoms with Gasteiger partial charge in [0.05, 0.1) is 11.7 Å². The minimum absolute atomic E-state index is 0.0694. The second-order valence-corrected chi connectivity index (χ2v) is 7.78. The molecular weight excluding hydrogens is 369 g/mol. The molecule has 0 saturated heterocycles. The molecule has 0 saturated carbocycles. The summed E-state index contributed by atoms with van der Waals surface area (Å²) in [6.45, 7) is 2.34. The van der Waals surface area contributed by atoms with Crippen molar-refractivity contribution in [1.29, 1.82) is 0 Å². The molecule has 4 nitrogen and oxygen atoms in total. The molecule has 7 heteroatoms. The molecule has 0 bridgehead atoms. The maximum absolute atomic E-state index is 13.3. The van der Waals surface area contributed by atoms with Gasteiger partial charge in [-0.15, -0.1) is 22.7 Å². The number of aromatic nitrogens is 2. The van der Waals surface area contributed by atoms with E-state index in [1.165, 1.54) is 23.5 Å². The number of rotatable bonds is 5. The second kappa shape index (κ2) is 7.11. The highest BCUT2D eigenvalue weighted by molar-refractivity contribution is 7.15. The minimum atomic E-state index is -0.258. The summed E-state index contributed by atoms with van der Waals surface area (Å²) in [6.07, 6.45) is 0. The molecule has 0 amide bonds. The van der Waals surface area contributed by atoms with Gasteiger partial charge in [-0.1, -0.05) is 18.2 Å². The fourth-order valence-corrected chi connectivity index (χ4v) is 4.61. The number of aryl methyl sites for hydroxylation is 1. The van der Waals surface area contributed by atoms with Crippen molar-refractivity contribution in [3.63, 3.8) is 0 Å². The molecule has 1 atom stereocenters. The van der Waals surface area contributed by atoms with Crippen LogP contribution in [0.15, 0.2) is 58.0 Å². The Morgan fingerprint density at radius 2 is 2.04 bits per heavy atom. The van der Waals surface area contributed by atoms with Gasteiger partial charge in [0.2, 0.25) is 0 Å². The predicted molar refractivity (Wildman–Crippen MR) is 103 cm³/mol. The third kappa shape index (κ3) is 3.33. The third-order valence-electron chi connectivity index (χ3n) is 4.15. The van der Waals surface area contributed by atoms with Crippen LogP contribution in [-0.2, 0) is 6.54 Å². The number of fused-ring (bicyclic) bond motifs is 1. The van der Waals surface area contributed by atoms with Crippen molar-refractivity contribution in [2.24, 2.45) is 0 Å². The lowest BCUT2D eigenvalue weighted by Crippen LogP contribution is -2.24. The Morgan fingerprint density at radius 3 is 2.77 bits per heavy atom. The van der Waals surface area contributed by atoms with E-state index in [4.69, 9.17) is 0 Å². The molecule has 3 aromatic heterocycles. The summed E-state index contributed by atoms with van der Waals surface area (Å²) in [5, 5.41) is 7.39. The van der Waals surface area contributed by atoms with Gasteiger partial charge in [0.15, 0.2) is 4.96 Å². The van der Waals surface area contributed by atoms with Gasteiger partial charge in [-0.3, -0.25) is 14.5 Å². The first-order chi connectivity index (χ1) is 12.6. The van der Waals surface area contributed by atoms with E-state index < -0.39 is 0 Å². The van der Waals surface area contributed by atoms with Crippen LogP contribution in [0.3, 0.4) is 0 Å². The van der Waals surface area contributed by atoms with Crippen LogP contribution in [0.25, 0.3) is 4.96 Å². The summed E-state index contributed by atoms with van der Waals surface area (Å²) < 4.78 is 14.9. The van der Waals surface area contributed by atoms with E-state index in [2.05, 4.69) is 10.3 Å². The Morgan fingerprint density at radius 1 is 1.23 bits per heavy atom. The van der Waals surface area contributed by atoms with Crippen LogP contribution in [-0.4, -0.2) is 9.38 Å². The predicted octanol–water partition coefficient (Wildman–Crippen LogP) is 4.14. The molecule has 0 aliphatic rings. The number of nitrogens with zero attached hydrogens (tertiary/aromatic N) is 2. The normalized spacial score (nSPS) is 12.5. The molecular formula is C19H16FN3OS2. The quantitative estimate of drug-likeness (QED) is 0.562. The standard InChI is InChI=1S/C19H16FN3OS2/c1-12-11-26-19-22-15(9-17(24)23(12)19)10-21-18(16-3-2-8-25-16)13-4-6-14(20)7-5-13/h2-9,11,18,21H,10H2,1H3/t18-/m0/s1. The first-order valence-corrected chi connectivity index (χ1v) is 9.87. The Labute approximate surface area is 157 Å². The molecule has 0 radical (unpaired) electrons. The molecule has 0 fully saturated rings. The van der Waals surface area contributed by atoms with Crippen LogP contribution in [0.1, 0.15) is 27.9 Å². The molecule has 0 aliphatic heterocycles. The van der Waals surface area contributed by atoms with Gasteiger partial charge < -0.3 is 0 Å². The number of hydrogen-bond acceptors (Lipinski definition) is 5. The van der Waals surface area contributed by atoms with Gasteiger partial charge >= 0.3 is 0 Å². The van der Waals surface area contributed by atoms with Gasteiger partial charge in [-0.05, 0) is 36.1 Å². The summed E-state index contributed by atoms with van der Waals surface area (Å²) >= 11 is 3.09. The van der Waals surface area contributed by atoms with Crippen LogP contribution < -0.4 is 10.9 Å². The molecule has 1 aromatic carbocycles. The summed E-state index contributed by atoms with van der Waals surface area (Å²) in [4.78, 5) is 18.7. The molecule has 0 spiro atoms. The van der Waals surface area contributed by atoms with Crippen LogP contribution in [0.4, 0.5) is 4.39 Å². The first-order valence-electron chi connectivity index (χ1n) is 8.11. The summed E-state index contributed by atoms with van der Waals surface area (Å²) in [7, 11) is 0. The van der Waals surface area contributed by atoms with E-state index in [0.29, 0.717) is 17.2 Å². The lowest BCUT2D eigenvalue weighted by atomic mass is 10.1. The zero-order chi connectivity index (χ0) is 18.1. The average Bonchev–Trinajstić information content (AvgIpc) is 3.27. The second-order valence-electron chi connectivity index (χ2n) is 5.96. The number of halogens is 1. The van der Waals surface area contributed by atoms with Gasteiger partial charge in [0.1, 0.15) is 5.82 Å². The minimum Gasteiger partial charge on any atom is -0.300 e. The highest BCUT2D eigenvalue weighted by atomic mass is 32.1. The van der Waals surface area contributed by atoms with Crippen LogP contribution in [0, 0.1) is 12.7 Å². The molecule has 0 aliphatic carbocycles. The summed E-state index contributed by atoms with van der Waals surface area (Å²) in [6, 6.07) is 12.0. The summed E-state index contributed by atoms with van der Waals surface area (Å²) in [5.74, 6) is -0.258. The maximum atomic E-state index is 13.3. The molecule has 3 heterocycles. The monoisotopic (exact) mass is 385 g/mol. The topological polar surface area (TPSA) is 46.4 Å². The fraction of sp³-hybridized carbons (Fsp3) is 0.158. The third-order valence-corrected chi connectivity index (χ3v) is 6.03. The van der Waals surface area contributed by atoms with Crippen LogP contribution >= 0.6 is 22.7 Å². The molecule has 0 unspecified atom stereocenters. The number of nitrogens with one attached hydrogen (secondary N) is 1. The van der Waals surface area contributed by atoms with Gasteiger partial charge in [-0.25, -0.2) is 9.37 Å². The Kier molecular flexibility index (Phi) is 4.67. The van der Waals surface area contributed by atoms with Crippen LogP contribution in [0.5, 0.6) is 0 Å². The number of thiophene rings is 1. The highest BCUT2D eigenvalue weighted by Crippen LogP contribution is 2.26. The van der Waals surface area contributed by atoms with E-state index in [0.717, 1.165) is 16.1 Å². The lowest BCUT2D eigenvalue weighted by molar-refractivity contribution is 0.597. The van der Waals surface area contributed by atoms with Crippen LogP contribution in [0.2, 0.25) is 0 Å². The van der Waals surface area contributed by atoms with Crippen molar-refractivity contribution in [2.75, 3.05) is 0 Å². The van der Waals surface area contributed by atoms with Crippen molar-refractivity contribution >= 4 is 27.6 Å². The lowest BCUT2D eigenvalue weighted by Gasteiger charge is -2.18.